The zero-order valence-electron chi connectivity index (χ0n) is 18.9. The number of carbonyl (C=O) groups is 1. The van der Waals surface area contributed by atoms with Gasteiger partial charge in [0.15, 0.2) is 0 Å². The monoisotopic (exact) mass is 422 g/mol. The van der Waals surface area contributed by atoms with Crippen molar-refractivity contribution in [2.75, 3.05) is 14.2 Å². The Bertz CT molecular complexity index is 874. The normalized spacial score (nSPS) is 19.5. The van der Waals surface area contributed by atoms with E-state index in [2.05, 4.69) is 24.0 Å². The van der Waals surface area contributed by atoms with E-state index >= 15 is 0 Å². The van der Waals surface area contributed by atoms with Crippen molar-refractivity contribution < 1.29 is 14.3 Å². The molecule has 1 heterocycles. The second-order valence-electron chi connectivity index (χ2n) is 8.18. The second-order valence-corrected chi connectivity index (χ2v) is 8.18. The van der Waals surface area contributed by atoms with Gasteiger partial charge in [-0.3, -0.25) is 4.90 Å². The SMILES string of the molecule is CCCC(=N)c1cccc(CN2C(C=O)CCCCC2c2c(OC)cccc2OC)c1. The van der Waals surface area contributed by atoms with Gasteiger partial charge in [0.05, 0.1) is 25.8 Å². The van der Waals surface area contributed by atoms with Gasteiger partial charge in [-0.05, 0) is 48.6 Å². The van der Waals surface area contributed by atoms with Crippen LogP contribution in [0.25, 0.3) is 0 Å². The van der Waals surface area contributed by atoms with E-state index in [9.17, 15) is 4.79 Å². The lowest BCUT2D eigenvalue weighted by atomic mass is 9.97. The third-order valence-electron chi connectivity index (χ3n) is 6.15. The van der Waals surface area contributed by atoms with Gasteiger partial charge in [0.2, 0.25) is 0 Å². The summed E-state index contributed by atoms with van der Waals surface area (Å²) in [5.74, 6) is 1.58. The Morgan fingerprint density at radius 3 is 2.42 bits per heavy atom. The quantitative estimate of drug-likeness (QED) is 0.425. The van der Waals surface area contributed by atoms with Crippen LogP contribution in [0.4, 0.5) is 0 Å². The van der Waals surface area contributed by atoms with Crippen molar-refractivity contribution >= 4 is 12.0 Å². The van der Waals surface area contributed by atoms with Crippen LogP contribution >= 0.6 is 0 Å². The van der Waals surface area contributed by atoms with Crippen LogP contribution in [0.1, 0.15) is 68.2 Å². The van der Waals surface area contributed by atoms with Crippen LogP contribution < -0.4 is 9.47 Å². The van der Waals surface area contributed by atoms with Crippen LogP contribution in [-0.4, -0.2) is 37.2 Å². The summed E-state index contributed by atoms with van der Waals surface area (Å²) in [6, 6.07) is 13.9. The average Bonchev–Trinajstić information content (AvgIpc) is 3.00. The molecule has 0 radical (unpaired) electrons. The first kappa shape index (κ1) is 23.0. The van der Waals surface area contributed by atoms with Gasteiger partial charge in [-0.1, -0.05) is 50.5 Å². The molecule has 166 valence electrons. The van der Waals surface area contributed by atoms with Crippen molar-refractivity contribution in [2.24, 2.45) is 0 Å². The van der Waals surface area contributed by atoms with Gasteiger partial charge in [0, 0.05) is 18.3 Å². The number of likely N-dealkylation sites (tertiary alicyclic amines) is 1. The Balaban J connectivity index is 2.01. The summed E-state index contributed by atoms with van der Waals surface area (Å²) in [6.45, 7) is 2.73. The molecule has 0 aromatic heterocycles. The fourth-order valence-corrected chi connectivity index (χ4v) is 4.61. The zero-order chi connectivity index (χ0) is 22.2. The maximum atomic E-state index is 12.1. The summed E-state index contributed by atoms with van der Waals surface area (Å²) in [7, 11) is 3.36. The molecule has 2 atom stereocenters. The second kappa shape index (κ2) is 11.1. The van der Waals surface area contributed by atoms with E-state index in [1.807, 2.05) is 30.3 Å². The molecule has 2 aromatic carbocycles. The highest BCUT2D eigenvalue weighted by molar-refractivity contribution is 5.98. The summed E-state index contributed by atoms with van der Waals surface area (Å²) in [5.41, 5.74) is 3.75. The first-order chi connectivity index (χ1) is 15.1. The molecule has 0 amide bonds. The summed E-state index contributed by atoms with van der Waals surface area (Å²) in [4.78, 5) is 14.4. The predicted octanol–water partition coefficient (Wildman–Crippen LogP) is 5.56. The summed E-state index contributed by atoms with van der Waals surface area (Å²) >= 11 is 0. The average molecular weight is 423 g/mol. The molecule has 2 aromatic rings. The lowest BCUT2D eigenvalue weighted by Gasteiger charge is -2.35. The standard InChI is InChI=1S/C26H34N2O3/c1-4-9-22(27)20-11-7-10-19(16-20)17-28-21(18-29)12-5-6-13-23(28)26-24(30-2)14-8-15-25(26)31-3/h7-8,10-11,14-16,18,21,23,27H,4-6,9,12-13,17H2,1-3H3. The first-order valence-electron chi connectivity index (χ1n) is 11.2. The molecule has 1 saturated heterocycles. The number of nitrogens with zero attached hydrogens (tertiary/aromatic N) is 1. The molecule has 1 aliphatic rings. The van der Waals surface area contributed by atoms with Gasteiger partial charge in [-0.2, -0.15) is 0 Å². The Kier molecular flexibility index (Phi) is 8.24. The van der Waals surface area contributed by atoms with Crippen LogP contribution in [0.15, 0.2) is 42.5 Å². The Morgan fingerprint density at radius 2 is 1.77 bits per heavy atom. The predicted molar refractivity (Wildman–Crippen MR) is 124 cm³/mol. The molecule has 1 aliphatic heterocycles. The summed E-state index contributed by atoms with van der Waals surface area (Å²) < 4.78 is 11.4. The first-order valence-corrected chi connectivity index (χ1v) is 11.2. The molecule has 5 heteroatoms. The lowest BCUT2D eigenvalue weighted by Crippen LogP contribution is -2.38. The van der Waals surface area contributed by atoms with E-state index in [1.165, 1.54) is 0 Å². The minimum Gasteiger partial charge on any atom is -0.496 e. The van der Waals surface area contributed by atoms with E-state index in [0.29, 0.717) is 12.3 Å². The Labute approximate surface area is 185 Å². The topological polar surface area (TPSA) is 62.6 Å². The minimum absolute atomic E-state index is 0.0162. The van der Waals surface area contributed by atoms with E-state index in [1.54, 1.807) is 14.2 Å². The third kappa shape index (κ3) is 5.34. The van der Waals surface area contributed by atoms with Gasteiger partial charge in [0.1, 0.15) is 17.8 Å². The highest BCUT2D eigenvalue weighted by Crippen LogP contribution is 2.43. The number of aldehydes is 1. The van der Waals surface area contributed by atoms with Crippen molar-refractivity contribution in [2.45, 2.75) is 64.1 Å². The van der Waals surface area contributed by atoms with Crippen molar-refractivity contribution in [1.29, 1.82) is 5.41 Å². The van der Waals surface area contributed by atoms with Gasteiger partial charge < -0.3 is 19.7 Å². The molecule has 31 heavy (non-hydrogen) atoms. The number of methoxy groups -OCH3 is 2. The highest BCUT2D eigenvalue weighted by Gasteiger charge is 2.33. The molecule has 5 nitrogen and oxygen atoms in total. The van der Waals surface area contributed by atoms with Gasteiger partial charge >= 0.3 is 0 Å². The maximum Gasteiger partial charge on any atom is 0.137 e. The van der Waals surface area contributed by atoms with Gasteiger partial charge in [0.25, 0.3) is 0 Å². The molecular formula is C26H34N2O3. The number of carbonyl (C=O) groups excluding carboxylic acids is 1. The van der Waals surface area contributed by atoms with Crippen LogP contribution in [0, 0.1) is 5.41 Å². The molecule has 1 N–H and O–H groups in total. The van der Waals surface area contributed by atoms with E-state index in [-0.39, 0.29) is 12.1 Å². The third-order valence-corrected chi connectivity index (χ3v) is 6.15. The van der Waals surface area contributed by atoms with Crippen LogP contribution in [-0.2, 0) is 11.3 Å². The molecule has 0 bridgehead atoms. The molecule has 2 unspecified atom stereocenters. The number of hydrogen-bond donors (Lipinski definition) is 1. The lowest BCUT2D eigenvalue weighted by molar-refractivity contribution is -0.113. The van der Waals surface area contributed by atoms with Crippen LogP contribution in [0.2, 0.25) is 0 Å². The van der Waals surface area contributed by atoms with Crippen LogP contribution in [0.5, 0.6) is 11.5 Å². The number of ether oxygens (including phenoxy) is 2. The van der Waals surface area contributed by atoms with Crippen molar-refractivity contribution in [3.63, 3.8) is 0 Å². The molecule has 0 saturated carbocycles. The fraction of sp³-hybridized carbons (Fsp3) is 0.462. The molecule has 1 fully saturated rings. The van der Waals surface area contributed by atoms with E-state index in [0.717, 1.165) is 73.0 Å². The van der Waals surface area contributed by atoms with Gasteiger partial charge in [-0.15, -0.1) is 0 Å². The van der Waals surface area contributed by atoms with Gasteiger partial charge in [-0.25, -0.2) is 0 Å². The molecule has 0 aliphatic carbocycles. The highest BCUT2D eigenvalue weighted by atomic mass is 16.5. The molecule has 0 spiro atoms. The Hall–Kier alpha value is -2.66. The fourth-order valence-electron chi connectivity index (χ4n) is 4.61. The molecule has 3 rings (SSSR count). The van der Waals surface area contributed by atoms with Crippen molar-refractivity contribution in [3.05, 3.63) is 59.2 Å². The molecular weight excluding hydrogens is 388 g/mol. The van der Waals surface area contributed by atoms with Crippen LogP contribution in [0.3, 0.4) is 0 Å². The number of hydrogen-bond acceptors (Lipinski definition) is 5. The maximum absolute atomic E-state index is 12.1. The number of rotatable bonds is 9. The largest absolute Gasteiger partial charge is 0.496 e. The summed E-state index contributed by atoms with van der Waals surface area (Å²) in [6.07, 6.45) is 6.67. The number of nitrogens with one attached hydrogen (secondary N) is 1. The van der Waals surface area contributed by atoms with Crippen molar-refractivity contribution in [1.82, 2.24) is 4.90 Å². The zero-order valence-corrected chi connectivity index (χ0v) is 18.9. The van der Waals surface area contributed by atoms with Crippen molar-refractivity contribution in [3.8, 4) is 11.5 Å². The van der Waals surface area contributed by atoms with E-state index < -0.39 is 0 Å². The number of benzene rings is 2. The smallest absolute Gasteiger partial charge is 0.137 e. The Morgan fingerprint density at radius 1 is 1.10 bits per heavy atom. The van der Waals surface area contributed by atoms with E-state index in [4.69, 9.17) is 14.9 Å². The minimum atomic E-state index is -0.166. The summed E-state index contributed by atoms with van der Waals surface area (Å²) in [5, 5.41) is 8.33.